The minimum absolute atomic E-state index is 0.0268. The van der Waals surface area contributed by atoms with Gasteiger partial charge in [-0.15, -0.1) is 0 Å². The molecule has 0 heterocycles. The minimum atomic E-state index is -0.326. The standard InChI is InChI=1S/C14H19N3O2/c15-7-13(18)17-9-14(19)16-8-10-4-5-11-2-1-3-12(11)6-10/h4-6H,1-3,7-9,15H2,(H,16,19)(H,17,18). The highest BCUT2D eigenvalue weighted by atomic mass is 16.2. The number of hydrogen-bond acceptors (Lipinski definition) is 3. The van der Waals surface area contributed by atoms with Crippen LogP contribution in [0, 0.1) is 0 Å². The summed E-state index contributed by atoms with van der Waals surface area (Å²) in [6, 6.07) is 6.34. The zero-order valence-electron chi connectivity index (χ0n) is 10.9. The Kier molecular flexibility index (Phi) is 4.52. The van der Waals surface area contributed by atoms with Gasteiger partial charge in [-0.25, -0.2) is 0 Å². The van der Waals surface area contributed by atoms with E-state index >= 15 is 0 Å². The number of aryl methyl sites for hydroxylation is 2. The van der Waals surface area contributed by atoms with Crippen molar-refractivity contribution in [1.82, 2.24) is 10.6 Å². The second-order valence-corrected chi connectivity index (χ2v) is 4.71. The van der Waals surface area contributed by atoms with Gasteiger partial charge in [-0.05, 0) is 36.0 Å². The second kappa shape index (κ2) is 6.33. The van der Waals surface area contributed by atoms with E-state index < -0.39 is 0 Å². The van der Waals surface area contributed by atoms with Crippen LogP contribution in [0.2, 0.25) is 0 Å². The first-order valence-corrected chi connectivity index (χ1v) is 6.53. The number of hydrogen-bond donors (Lipinski definition) is 3. The van der Waals surface area contributed by atoms with Crippen LogP contribution < -0.4 is 16.4 Å². The molecule has 102 valence electrons. The van der Waals surface area contributed by atoms with E-state index in [1.807, 2.05) is 6.07 Å². The van der Waals surface area contributed by atoms with Crippen molar-refractivity contribution in [2.24, 2.45) is 5.73 Å². The lowest BCUT2D eigenvalue weighted by atomic mass is 10.1. The van der Waals surface area contributed by atoms with Crippen LogP contribution >= 0.6 is 0 Å². The van der Waals surface area contributed by atoms with E-state index in [0.29, 0.717) is 6.54 Å². The van der Waals surface area contributed by atoms with E-state index in [-0.39, 0.29) is 24.9 Å². The highest BCUT2D eigenvalue weighted by Crippen LogP contribution is 2.22. The fraction of sp³-hybridized carbons (Fsp3) is 0.429. The monoisotopic (exact) mass is 261 g/mol. The maximum atomic E-state index is 11.5. The van der Waals surface area contributed by atoms with Crippen molar-refractivity contribution in [3.05, 3.63) is 34.9 Å². The Hall–Kier alpha value is -1.88. The molecule has 1 aromatic rings. The zero-order valence-corrected chi connectivity index (χ0v) is 10.9. The Morgan fingerprint density at radius 1 is 1.11 bits per heavy atom. The number of nitrogens with two attached hydrogens (primary N) is 1. The van der Waals surface area contributed by atoms with Gasteiger partial charge in [-0.1, -0.05) is 18.2 Å². The van der Waals surface area contributed by atoms with Crippen LogP contribution in [-0.2, 0) is 29.0 Å². The van der Waals surface area contributed by atoms with Gasteiger partial charge >= 0.3 is 0 Å². The van der Waals surface area contributed by atoms with Gasteiger partial charge in [0.1, 0.15) is 0 Å². The lowest BCUT2D eigenvalue weighted by Gasteiger charge is -2.08. The quantitative estimate of drug-likeness (QED) is 0.690. The summed E-state index contributed by atoms with van der Waals surface area (Å²) in [7, 11) is 0. The predicted octanol–water partition coefficient (Wildman–Crippen LogP) is -0.134. The molecule has 0 aliphatic heterocycles. The molecule has 2 rings (SSSR count). The fourth-order valence-electron chi connectivity index (χ4n) is 2.25. The summed E-state index contributed by atoms with van der Waals surface area (Å²) in [6.07, 6.45) is 3.51. The molecule has 0 unspecified atom stereocenters. The largest absolute Gasteiger partial charge is 0.350 e. The molecule has 0 radical (unpaired) electrons. The number of fused-ring (bicyclic) bond motifs is 1. The SMILES string of the molecule is NCC(=O)NCC(=O)NCc1ccc2c(c1)CCC2. The molecule has 0 fully saturated rings. The first-order chi connectivity index (χ1) is 9.19. The molecule has 0 atom stereocenters. The van der Waals surface area contributed by atoms with E-state index in [0.717, 1.165) is 18.4 Å². The highest BCUT2D eigenvalue weighted by molar-refractivity contribution is 5.85. The topological polar surface area (TPSA) is 84.2 Å². The number of carbonyl (C=O) groups excluding carboxylic acids is 2. The Bertz CT molecular complexity index is 486. The number of nitrogens with one attached hydrogen (secondary N) is 2. The number of rotatable bonds is 5. The van der Waals surface area contributed by atoms with E-state index in [2.05, 4.69) is 22.8 Å². The van der Waals surface area contributed by atoms with Gasteiger partial charge in [-0.3, -0.25) is 9.59 Å². The maximum Gasteiger partial charge on any atom is 0.239 e. The number of carbonyl (C=O) groups is 2. The summed E-state index contributed by atoms with van der Waals surface area (Å²) in [5, 5.41) is 5.21. The summed E-state index contributed by atoms with van der Waals surface area (Å²) in [6.45, 7) is 0.365. The van der Waals surface area contributed by atoms with Gasteiger partial charge in [0.2, 0.25) is 11.8 Å². The first-order valence-electron chi connectivity index (χ1n) is 6.53. The Morgan fingerprint density at radius 3 is 2.68 bits per heavy atom. The third-order valence-corrected chi connectivity index (χ3v) is 3.28. The van der Waals surface area contributed by atoms with Crippen molar-refractivity contribution >= 4 is 11.8 Å². The third kappa shape index (κ3) is 3.79. The second-order valence-electron chi connectivity index (χ2n) is 4.71. The van der Waals surface area contributed by atoms with Crippen molar-refractivity contribution in [3.8, 4) is 0 Å². The Morgan fingerprint density at radius 2 is 1.89 bits per heavy atom. The van der Waals surface area contributed by atoms with Crippen molar-refractivity contribution in [2.45, 2.75) is 25.8 Å². The molecule has 0 saturated heterocycles. The van der Waals surface area contributed by atoms with Crippen molar-refractivity contribution in [1.29, 1.82) is 0 Å². The molecule has 1 aliphatic rings. The van der Waals surface area contributed by atoms with Crippen LogP contribution in [0.1, 0.15) is 23.1 Å². The van der Waals surface area contributed by atoms with E-state index in [1.54, 1.807) is 0 Å². The summed E-state index contributed by atoms with van der Waals surface area (Å²) < 4.78 is 0. The molecule has 1 aromatic carbocycles. The highest BCUT2D eigenvalue weighted by Gasteiger charge is 2.11. The summed E-state index contributed by atoms with van der Waals surface area (Å²) in [4.78, 5) is 22.4. The van der Waals surface area contributed by atoms with Gasteiger partial charge in [0.05, 0.1) is 13.1 Å². The average molecular weight is 261 g/mol. The molecule has 0 bridgehead atoms. The van der Waals surface area contributed by atoms with Crippen molar-refractivity contribution in [2.75, 3.05) is 13.1 Å². The maximum absolute atomic E-state index is 11.5. The molecule has 5 nitrogen and oxygen atoms in total. The van der Waals surface area contributed by atoms with Crippen LogP contribution in [0.4, 0.5) is 0 Å². The van der Waals surface area contributed by atoms with Crippen LogP contribution in [0.15, 0.2) is 18.2 Å². The zero-order chi connectivity index (χ0) is 13.7. The number of amides is 2. The molecule has 0 spiro atoms. The molecule has 0 aromatic heterocycles. The lowest BCUT2D eigenvalue weighted by Crippen LogP contribution is -2.39. The average Bonchev–Trinajstić information content (AvgIpc) is 2.89. The van der Waals surface area contributed by atoms with Gasteiger partial charge in [0, 0.05) is 6.54 Å². The number of benzene rings is 1. The van der Waals surface area contributed by atoms with Gasteiger partial charge in [0.25, 0.3) is 0 Å². The smallest absolute Gasteiger partial charge is 0.239 e. The summed E-state index contributed by atoms with van der Waals surface area (Å²) >= 11 is 0. The third-order valence-electron chi connectivity index (χ3n) is 3.28. The molecular weight excluding hydrogens is 242 g/mol. The molecule has 4 N–H and O–H groups in total. The normalized spacial score (nSPS) is 12.9. The van der Waals surface area contributed by atoms with Gasteiger partial charge in [-0.2, -0.15) is 0 Å². The summed E-state index contributed by atoms with van der Waals surface area (Å²) in [5.74, 6) is -0.532. The van der Waals surface area contributed by atoms with Crippen LogP contribution in [0.25, 0.3) is 0 Å². The predicted molar refractivity (Wildman–Crippen MR) is 72.4 cm³/mol. The van der Waals surface area contributed by atoms with E-state index in [9.17, 15) is 9.59 Å². The molecule has 1 aliphatic carbocycles. The molecule has 5 heteroatoms. The minimum Gasteiger partial charge on any atom is -0.350 e. The van der Waals surface area contributed by atoms with Crippen LogP contribution in [0.5, 0.6) is 0 Å². The Labute approximate surface area is 112 Å². The van der Waals surface area contributed by atoms with E-state index in [1.165, 1.54) is 17.5 Å². The van der Waals surface area contributed by atoms with Crippen LogP contribution in [0.3, 0.4) is 0 Å². The van der Waals surface area contributed by atoms with Gasteiger partial charge < -0.3 is 16.4 Å². The van der Waals surface area contributed by atoms with Crippen molar-refractivity contribution < 1.29 is 9.59 Å². The van der Waals surface area contributed by atoms with Crippen molar-refractivity contribution in [3.63, 3.8) is 0 Å². The molecular formula is C14H19N3O2. The summed E-state index contributed by atoms with van der Waals surface area (Å²) in [5.41, 5.74) is 9.04. The molecule has 0 saturated carbocycles. The lowest BCUT2D eigenvalue weighted by molar-refractivity contribution is -0.125. The van der Waals surface area contributed by atoms with Gasteiger partial charge in [0.15, 0.2) is 0 Å². The van der Waals surface area contributed by atoms with Crippen LogP contribution in [-0.4, -0.2) is 24.9 Å². The Balaban J connectivity index is 1.79. The molecule has 2 amide bonds. The van der Waals surface area contributed by atoms with E-state index in [4.69, 9.17) is 5.73 Å². The fourth-order valence-corrected chi connectivity index (χ4v) is 2.25. The first kappa shape index (κ1) is 13.5. The molecule has 19 heavy (non-hydrogen) atoms.